The van der Waals surface area contributed by atoms with Gasteiger partial charge in [-0.3, -0.25) is 4.79 Å². The summed E-state index contributed by atoms with van der Waals surface area (Å²) in [5.41, 5.74) is 1.45. The standard InChI is InChI=1S/C18H18N4O3S/c1-24-14-7-11-13(8-15(14)25-2)19-9-20-17(11)22-12-5-6-26-16(12)18(23)21-10-3-4-10/h5-10H,3-4H2,1-2H3,(H,21,23)(H,19,20,22). The number of thiophene rings is 1. The highest BCUT2D eigenvalue weighted by Crippen LogP contribution is 2.35. The lowest BCUT2D eigenvalue weighted by Gasteiger charge is -2.12. The van der Waals surface area contributed by atoms with Crippen molar-refractivity contribution >= 4 is 39.7 Å². The third-order valence-electron chi connectivity index (χ3n) is 4.18. The van der Waals surface area contributed by atoms with E-state index in [1.54, 1.807) is 20.3 Å². The summed E-state index contributed by atoms with van der Waals surface area (Å²) in [6, 6.07) is 5.82. The number of carbonyl (C=O) groups is 1. The van der Waals surface area contributed by atoms with Crippen LogP contribution >= 0.6 is 11.3 Å². The van der Waals surface area contributed by atoms with Gasteiger partial charge in [-0.15, -0.1) is 11.3 Å². The van der Waals surface area contributed by atoms with Gasteiger partial charge in [-0.1, -0.05) is 0 Å². The molecule has 1 aromatic carbocycles. The third kappa shape index (κ3) is 3.15. The predicted molar refractivity (Wildman–Crippen MR) is 101 cm³/mol. The second kappa shape index (κ2) is 6.80. The number of carbonyl (C=O) groups excluding carboxylic acids is 1. The predicted octanol–water partition coefficient (Wildman–Crippen LogP) is 3.34. The molecule has 4 rings (SSSR count). The fourth-order valence-electron chi connectivity index (χ4n) is 2.67. The minimum absolute atomic E-state index is 0.0531. The monoisotopic (exact) mass is 370 g/mol. The van der Waals surface area contributed by atoms with Crippen molar-refractivity contribution in [1.82, 2.24) is 15.3 Å². The highest BCUT2D eigenvalue weighted by molar-refractivity contribution is 7.12. The molecule has 1 amide bonds. The van der Waals surface area contributed by atoms with Gasteiger partial charge in [0.1, 0.15) is 17.0 Å². The minimum atomic E-state index is -0.0531. The van der Waals surface area contributed by atoms with Gasteiger partial charge in [0.25, 0.3) is 5.91 Å². The summed E-state index contributed by atoms with van der Waals surface area (Å²) in [7, 11) is 3.17. The van der Waals surface area contributed by atoms with Crippen LogP contribution in [0.15, 0.2) is 29.9 Å². The van der Waals surface area contributed by atoms with E-state index >= 15 is 0 Å². The fourth-order valence-corrected chi connectivity index (χ4v) is 3.42. The molecule has 8 heteroatoms. The zero-order valence-corrected chi connectivity index (χ0v) is 15.2. The van der Waals surface area contributed by atoms with E-state index in [2.05, 4.69) is 20.6 Å². The van der Waals surface area contributed by atoms with Crippen LogP contribution in [0.1, 0.15) is 22.5 Å². The second-order valence-electron chi connectivity index (χ2n) is 5.98. The van der Waals surface area contributed by atoms with Crippen LogP contribution in [0.2, 0.25) is 0 Å². The molecule has 3 aromatic rings. The highest BCUT2D eigenvalue weighted by Gasteiger charge is 2.25. The number of fused-ring (bicyclic) bond motifs is 1. The zero-order chi connectivity index (χ0) is 18.1. The molecule has 2 heterocycles. The Kier molecular flexibility index (Phi) is 4.34. The average molecular weight is 370 g/mol. The van der Waals surface area contributed by atoms with Gasteiger partial charge in [-0.05, 0) is 30.4 Å². The summed E-state index contributed by atoms with van der Waals surface area (Å²) in [5, 5.41) is 8.94. The Labute approximate surface area is 154 Å². The molecule has 134 valence electrons. The Balaban J connectivity index is 1.69. The molecule has 0 unspecified atom stereocenters. The van der Waals surface area contributed by atoms with Crippen molar-refractivity contribution in [1.29, 1.82) is 0 Å². The quantitative estimate of drug-likeness (QED) is 0.692. The van der Waals surface area contributed by atoms with E-state index in [1.165, 1.54) is 17.7 Å². The number of hydrogen-bond donors (Lipinski definition) is 2. The molecule has 1 aliphatic rings. The molecule has 0 saturated heterocycles. The largest absolute Gasteiger partial charge is 0.493 e. The van der Waals surface area contributed by atoms with Crippen LogP contribution in [0, 0.1) is 0 Å². The van der Waals surface area contributed by atoms with Gasteiger partial charge in [0, 0.05) is 17.5 Å². The molecule has 0 spiro atoms. The lowest BCUT2D eigenvalue weighted by Crippen LogP contribution is -2.25. The van der Waals surface area contributed by atoms with Crippen molar-refractivity contribution in [3.05, 3.63) is 34.8 Å². The molecule has 1 aliphatic carbocycles. The lowest BCUT2D eigenvalue weighted by atomic mass is 10.2. The molecule has 7 nitrogen and oxygen atoms in total. The molecule has 2 aromatic heterocycles. The van der Waals surface area contributed by atoms with Crippen LogP contribution in [0.5, 0.6) is 11.5 Å². The molecule has 0 bridgehead atoms. The molecular formula is C18H18N4O3S. The van der Waals surface area contributed by atoms with Gasteiger partial charge in [-0.2, -0.15) is 0 Å². The normalized spacial score (nSPS) is 13.5. The smallest absolute Gasteiger partial charge is 0.263 e. The summed E-state index contributed by atoms with van der Waals surface area (Å²) < 4.78 is 10.7. The Morgan fingerprint density at radius 2 is 1.96 bits per heavy atom. The number of benzene rings is 1. The molecule has 1 saturated carbocycles. The first-order valence-electron chi connectivity index (χ1n) is 8.21. The Morgan fingerprint density at radius 1 is 1.19 bits per heavy atom. The first-order valence-corrected chi connectivity index (χ1v) is 9.09. The molecular weight excluding hydrogens is 352 g/mol. The van der Waals surface area contributed by atoms with Gasteiger partial charge in [0.2, 0.25) is 0 Å². The van der Waals surface area contributed by atoms with Crippen LogP contribution in [0.4, 0.5) is 11.5 Å². The SMILES string of the molecule is COc1cc2ncnc(Nc3ccsc3C(=O)NC3CC3)c2cc1OC. The summed E-state index contributed by atoms with van der Waals surface area (Å²) in [6.07, 6.45) is 3.59. The molecule has 0 aliphatic heterocycles. The summed E-state index contributed by atoms with van der Waals surface area (Å²) in [6.45, 7) is 0. The topological polar surface area (TPSA) is 85.4 Å². The van der Waals surface area contributed by atoms with Crippen molar-refractivity contribution in [2.24, 2.45) is 0 Å². The lowest BCUT2D eigenvalue weighted by molar-refractivity contribution is 0.0956. The van der Waals surface area contributed by atoms with Crippen molar-refractivity contribution < 1.29 is 14.3 Å². The number of nitrogens with one attached hydrogen (secondary N) is 2. The van der Waals surface area contributed by atoms with Crippen molar-refractivity contribution in [2.75, 3.05) is 19.5 Å². The molecule has 0 atom stereocenters. The Hall–Kier alpha value is -2.87. The number of rotatable bonds is 6. The van der Waals surface area contributed by atoms with Crippen LogP contribution < -0.4 is 20.1 Å². The summed E-state index contributed by atoms with van der Waals surface area (Å²) >= 11 is 1.40. The van der Waals surface area contributed by atoms with Gasteiger partial charge in [0.05, 0.1) is 25.4 Å². The minimum Gasteiger partial charge on any atom is -0.493 e. The van der Waals surface area contributed by atoms with E-state index in [9.17, 15) is 4.79 Å². The fraction of sp³-hybridized carbons (Fsp3) is 0.278. The zero-order valence-electron chi connectivity index (χ0n) is 14.4. The maximum absolute atomic E-state index is 12.4. The van der Waals surface area contributed by atoms with Crippen molar-refractivity contribution in [2.45, 2.75) is 18.9 Å². The van der Waals surface area contributed by atoms with Gasteiger partial charge < -0.3 is 20.1 Å². The van der Waals surface area contributed by atoms with E-state index in [1.807, 2.05) is 17.5 Å². The van der Waals surface area contributed by atoms with E-state index in [0.717, 1.165) is 29.4 Å². The molecule has 0 radical (unpaired) electrons. The maximum atomic E-state index is 12.4. The number of aromatic nitrogens is 2. The van der Waals surface area contributed by atoms with Crippen LogP contribution in [0.25, 0.3) is 10.9 Å². The Bertz CT molecular complexity index is 968. The Morgan fingerprint density at radius 3 is 2.69 bits per heavy atom. The molecule has 26 heavy (non-hydrogen) atoms. The number of ether oxygens (including phenoxy) is 2. The van der Waals surface area contributed by atoms with Crippen molar-refractivity contribution in [3.8, 4) is 11.5 Å². The molecule has 2 N–H and O–H groups in total. The van der Waals surface area contributed by atoms with E-state index < -0.39 is 0 Å². The summed E-state index contributed by atoms with van der Waals surface area (Å²) in [5.74, 6) is 1.75. The van der Waals surface area contributed by atoms with E-state index in [-0.39, 0.29) is 5.91 Å². The van der Waals surface area contributed by atoms with E-state index in [0.29, 0.717) is 28.2 Å². The second-order valence-corrected chi connectivity index (χ2v) is 6.90. The van der Waals surface area contributed by atoms with Gasteiger partial charge >= 0.3 is 0 Å². The number of methoxy groups -OCH3 is 2. The van der Waals surface area contributed by atoms with Crippen LogP contribution in [-0.2, 0) is 0 Å². The van der Waals surface area contributed by atoms with Crippen LogP contribution in [-0.4, -0.2) is 36.1 Å². The van der Waals surface area contributed by atoms with Gasteiger partial charge in [-0.25, -0.2) is 9.97 Å². The average Bonchev–Trinajstić information content (AvgIpc) is 3.35. The highest BCUT2D eigenvalue weighted by atomic mass is 32.1. The van der Waals surface area contributed by atoms with E-state index in [4.69, 9.17) is 9.47 Å². The third-order valence-corrected chi connectivity index (χ3v) is 5.09. The number of hydrogen-bond acceptors (Lipinski definition) is 7. The maximum Gasteiger partial charge on any atom is 0.263 e. The first kappa shape index (κ1) is 16.6. The summed E-state index contributed by atoms with van der Waals surface area (Å²) in [4.78, 5) is 21.7. The molecule has 1 fully saturated rings. The van der Waals surface area contributed by atoms with Crippen molar-refractivity contribution in [3.63, 3.8) is 0 Å². The number of amides is 1. The van der Waals surface area contributed by atoms with Crippen LogP contribution in [0.3, 0.4) is 0 Å². The van der Waals surface area contributed by atoms with Gasteiger partial charge in [0.15, 0.2) is 11.5 Å². The number of anilines is 2. The number of nitrogens with zero attached hydrogens (tertiary/aromatic N) is 2. The first-order chi connectivity index (χ1) is 12.7.